The molecule has 0 atom stereocenters. The Bertz CT molecular complexity index is 920. The highest BCUT2D eigenvalue weighted by atomic mass is 16.2. The Morgan fingerprint density at radius 3 is 2.24 bits per heavy atom. The molecule has 5 rings (SSSR count). The third-order valence-electron chi connectivity index (χ3n) is 6.81. The van der Waals surface area contributed by atoms with Gasteiger partial charge in [-0.15, -0.1) is 0 Å². The van der Waals surface area contributed by atoms with Gasteiger partial charge in [-0.3, -0.25) is 4.79 Å². The standard InChI is InChI=1S/C23H30N4O2/c28-22(17-8-9-21-19(16-17)18-6-2-3-7-20(18)24-21)25-12-14-27(15-13-25)23(29)26-10-4-1-5-11-26/h8-9,16,24H,1-7,10-15H2. The highest BCUT2D eigenvalue weighted by Crippen LogP contribution is 2.30. The molecule has 0 saturated carbocycles. The zero-order chi connectivity index (χ0) is 19.8. The minimum Gasteiger partial charge on any atom is -0.358 e. The number of rotatable bonds is 1. The van der Waals surface area contributed by atoms with Crippen LogP contribution in [0.2, 0.25) is 0 Å². The van der Waals surface area contributed by atoms with Crippen molar-refractivity contribution in [2.45, 2.75) is 44.9 Å². The number of nitrogens with zero attached hydrogens (tertiary/aromatic N) is 3. The number of piperazine rings is 1. The van der Waals surface area contributed by atoms with Gasteiger partial charge in [0.1, 0.15) is 0 Å². The average molecular weight is 395 g/mol. The van der Waals surface area contributed by atoms with Gasteiger partial charge in [-0.25, -0.2) is 4.79 Å². The molecule has 154 valence electrons. The number of nitrogens with one attached hydrogen (secondary N) is 1. The van der Waals surface area contributed by atoms with Crippen molar-refractivity contribution < 1.29 is 9.59 Å². The van der Waals surface area contributed by atoms with Gasteiger partial charge < -0.3 is 19.7 Å². The molecule has 2 aromatic rings. The zero-order valence-electron chi connectivity index (χ0n) is 17.1. The van der Waals surface area contributed by atoms with E-state index in [-0.39, 0.29) is 11.9 Å². The Kier molecular flexibility index (Phi) is 4.94. The Hall–Kier alpha value is -2.50. The summed E-state index contributed by atoms with van der Waals surface area (Å²) >= 11 is 0. The summed E-state index contributed by atoms with van der Waals surface area (Å²) in [4.78, 5) is 35.1. The number of aryl methyl sites for hydroxylation is 2. The molecule has 1 aromatic heterocycles. The lowest BCUT2D eigenvalue weighted by molar-refractivity contribution is 0.0633. The normalized spacial score (nSPS) is 20.1. The predicted octanol–water partition coefficient (Wildman–Crippen LogP) is 3.41. The van der Waals surface area contributed by atoms with Crippen LogP contribution in [0.15, 0.2) is 18.2 Å². The van der Waals surface area contributed by atoms with E-state index in [2.05, 4.69) is 17.1 Å². The Morgan fingerprint density at radius 1 is 0.759 bits per heavy atom. The van der Waals surface area contributed by atoms with E-state index in [1.54, 1.807) is 0 Å². The van der Waals surface area contributed by atoms with Crippen LogP contribution in [0.5, 0.6) is 0 Å². The first kappa shape index (κ1) is 18.5. The number of benzene rings is 1. The fourth-order valence-electron chi connectivity index (χ4n) is 5.11. The van der Waals surface area contributed by atoms with Crippen LogP contribution in [0.1, 0.15) is 53.7 Å². The number of urea groups is 1. The molecule has 29 heavy (non-hydrogen) atoms. The second-order valence-corrected chi connectivity index (χ2v) is 8.66. The fourth-order valence-corrected chi connectivity index (χ4v) is 5.11. The van der Waals surface area contributed by atoms with Crippen molar-refractivity contribution in [1.82, 2.24) is 19.7 Å². The highest BCUT2D eigenvalue weighted by Gasteiger charge is 2.28. The van der Waals surface area contributed by atoms with E-state index in [4.69, 9.17) is 0 Å². The Labute approximate surface area is 171 Å². The summed E-state index contributed by atoms with van der Waals surface area (Å²) in [7, 11) is 0. The number of piperidine rings is 1. The minimum absolute atomic E-state index is 0.0859. The van der Waals surface area contributed by atoms with Crippen LogP contribution in [-0.4, -0.2) is 70.9 Å². The molecule has 6 heteroatoms. The van der Waals surface area contributed by atoms with E-state index < -0.39 is 0 Å². The average Bonchev–Trinajstić information content (AvgIpc) is 3.17. The van der Waals surface area contributed by atoms with E-state index in [9.17, 15) is 9.59 Å². The number of likely N-dealkylation sites (tertiary alicyclic amines) is 1. The molecule has 2 saturated heterocycles. The van der Waals surface area contributed by atoms with Crippen LogP contribution in [-0.2, 0) is 12.8 Å². The molecule has 3 heterocycles. The van der Waals surface area contributed by atoms with E-state index >= 15 is 0 Å². The number of H-pyrrole nitrogens is 1. The van der Waals surface area contributed by atoms with Crippen molar-refractivity contribution in [3.8, 4) is 0 Å². The molecule has 0 unspecified atom stereocenters. The van der Waals surface area contributed by atoms with Gasteiger partial charge >= 0.3 is 6.03 Å². The molecule has 6 nitrogen and oxygen atoms in total. The van der Waals surface area contributed by atoms with Crippen LogP contribution < -0.4 is 0 Å². The van der Waals surface area contributed by atoms with E-state index in [1.165, 1.54) is 35.9 Å². The largest absolute Gasteiger partial charge is 0.358 e. The van der Waals surface area contributed by atoms with Crippen LogP contribution in [0.4, 0.5) is 4.79 Å². The highest BCUT2D eigenvalue weighted by molar-refractivity contribution is 5.99. The number of hydrogen-bond donors (Lipinski definition) is 1. The van der Waals surface area contributed by atoms with Gasteiger partial charge in [0.05, 0.1) is 0 Å². The summed E-state index contributed by atoms with van der Waals surface area (Å²) in [6, 6.07) is 6.22. The van der Waals surface area contributed by atoms with Crippen LogP contribution in [0, 0.1) is 0 Å². The second kappa shape index (κ2) is 7.73. The molecule has 3 aliphatic rings. The molecule has 2 fully saturated rings. The third-order valence-corrected chi connectivity index (χ3v) is 6.81. The first-order valence-corrected chi connectivity index (χ1v) is 11.2. The number of carbonyl (C=O) groups is 2. The number of hydrogen-bond acceptors (Lipinski definition) is 2. The molecular weight excluding hydrogens is 364 g/mol. The summed E-state index contributed by atoms with van der Waals surface area (Å²) in [6.45, 7) is 4.23. The van der Waals surface area contributed by atoms with Gasteiger partial charge in [0.15, 0.2) is 0 Å². The zero-order valence-corrected chi connectivity index (χ0v) is 17.1. The molecule has 0 radical (unpaired) electrons. The van der Waals surface area contributed by atoms with E-state index in [0.29, 0.717) is 26.2 Å². The predicted molar refractivity (Wildman–Crippen MR) is 113 cm³/mol. The Balaban J connectivity index is 1.26. The van der Waals surface area contributed by atoms with Gasteiger partial charge in [-0.1, -0.05) is 0 Å². The van der Waals surface area contributed by atoms with E-state index in [1.807, 2.05) is 20.8 Å². The second-order valence-electron chi connectivity index (χ2n) is 8.66. The maximum atomic E-state index is 13.1. The van der Waals surface area contributed by atoms with Crippen molar-refractivity contribution in [2.75, 3.05) is 39.3 Å². The van der Waals surface area contributed by atoms with Crippen LogP contribution in [0.3, 0.4) is 0 Å². The maximum absolute atomic E-state index is 13.1. The molecule has 1 N–H and O–H groups in total. The van der Waals surface area contributed by atoms with E-state index in [0.717, 1.165) is 49.9 Å². The molecule has 1 aromatic carbocycles. The lowest BCUT2D eigenvalue weighted by Crippen LogP contribution is -2.54. The fraction of sp³-hybridized carbons (Fsp3) is 0.565. The smallest absolute Gasteiger partial charge is 0.320 e. The summed E-state index contributed by atoms with van der Waals surface area (Å²) in [5, 5.41) is 1.21. The Morgan fingerprint density at radius 2 is 1.45 bits per heavy atom. The minimum atomic E-state index is 0.0859. The van der Waals surface area contributed by atoms with Gasteiger partial charge in [0, 0.05) is 61.4 Å². The molecule has 3 amide bonds. The first-order valence-electron chi connectivity index (χ1n) is 11.2. The first-order chi connectivity index (χ1) is 14.2. The number of carbonyl (C=O) groups excluding carboxylic acids is 2. The number of fused-ring (bicyclic) bond motifs is 3. The van der Waals surface area contributed by atoms with Crippen molar-refractivity contribution in [2.24, 2.45) is 0 Å². The number of aromatic nitrogens is 1. The molecule has 0 bridgehead atoms. The molecule has 2 aliphatic heterocycles. The quantitative estimate of drug-likeness (QED) is 0.806. The van der Waals surface area contributed by atoms with Crippen molar-refractivity contribution in [3.05, 3.63) is 35.0 Å². The lowest BCUT2D eigenvalue weighted by atomic mass is 9.95. The van der Waals surface area contributed by atoms with Crippen LogP contribution in [0.25, 0.3) is 10.9 Å². The molecule has 1 aliphatic carbocycles. The SMILES string of the molecule is O=C(c1ccc2[nH]c3c(c2c1)CCCC3)N1CCN(C(=O)N2CCCCC2)CC1. The van der Waals surface area contributed by atoms with Crippen molar-refractivity contribution in [1.29, 1.82) is 0 Å². The van der Waals surface area contributed by atoms with Crippen molar-refractivity contribution >= 4 is 22.8 Å². The molecule has 0 spiro atoms. The lowest BCUT2D eigenvalue weighted by Gasteiger charge is -2.38. The summed E-state index contributed by atoms with van der Waals surface area (Å²) in [5.74, 6) is 0.0859. The van der Waals surface area contributed by atoms with Gasteiger partial charge in [0.2, 0.25) is 0 Å². The van der Waals surface area contributed by atoms with Crippen molar-refractivity contribution in [3.63, 3.8) is 0 Å². The summed E-state index contributed by atoms with van der Waals surface area (Å²) < 4.78 is 0. The number of aromatic amines is 1. The maximum Gasteiger partial charge on any atom is 0.320 e. The monoisotopic (exact) mass is 394 g/mol. The van der Waals surface area contributed by atoms with Crippen LogP contribution >= 0.6 is 0 Å². The third kappa shape index (κ3) is 3.49. The summed E-state index contributed by atoms with van der Waals surface area (Å²) in [6.07, 6.45) is 8.12. The number of amides is 3. The van der Waals surface area contributed by atoms with Gasteiger partial charge in [0.25, 0.3) is 5.91 Å². The topological polar surface area (TPSA) is 59.7 Å². The molecular formula is C23H30N4O2. The van der Waals surface area contributed by atoms with Gasteiger partial charge in [-0.05, 0) is 68.7 Å². The summed E-state index contributed by atoms with van der Waals surface area (Å²) in [5.41, 5.74) is 4.66. The van der Waals surface area contributed by atoms with Gasteiger partial charge in [-0.2, -0.15) is 0 Å².